The number of imidazole rings is 1. The molecule has 234 valence electrons. The van der Waals surface area contributed by atoms with Gasteiger partial charge in [-0.15, -0.1) is 0 Å². The summed E-state index contributed by atoms with van der Waals surface area (Å²) in [5, 5.41) is 4.25. The number of aromatic nitrogens is 4. The van der Waals surface area contributed by atoms with Crippen LogP contribution in [0.3, 0.4) is 0 Å². The van der Waals surface area contributed by atoms with Gasteiger partial charge in [0.05, 0.1) is 35.1 Å². The molecule has 6 rings (SSSR count). The van der Waals surface area contributed by atoms with Crippen molar-refractivity contribution in [2.75, 3.05) is 26.8 Å². The first-order valence-electron chi connectivity index (χ1n) is 15.9. The number of carbonyl (C=O) groups is 2. The Morgan fingerprint density at radius 2 is 1.89 bits per heavy atom. The van der Waals surface area contributed by atoms with Crippen molar-refractivity contribution in [3.05, 3.63) is 47.2 Å². The number of methoxy groups -OCH3 is 1. The molecule has 2 atom stereocenters. The van der Waals surface area contributed by atoms with E-state index < -0.39 is 5.41 Å². The third-order valence-corrected chi connectivity index (χ3v) is 9.44. The molecule has 5 heterocycles. The first-order valence-corrected chi connectivity index (χ1v) is 15.9. The third-order valence-electron chi connectivity index (χ3n) is 9.44. The number of carbonyl (C=O) groups excluding carboxylic acids is 2. The predicted molar refractivity (Wildman–Crippen MR) is 172 cm³/mol. The number of nitrogens with one attached hydrogen (secondary N) is 1. The molecular formula is C34H45N7O3. The van der Waals surface area contributed by atoms with Gasteiger partial charge < -0.3 is 29.8 Å². The molecule has 0 saturated heterocycles. The van der Waals surface area contributed by atoms with E-state index in [-0.39, 0.29) is 23.9 Å². The molecule has 0 radical (unpaired) electrons. The van der Waals surface area contributed by atoms with Gasteiger partial charge in [0, 0.05) is 56.2 Å². The van der Waals surface area contributed by atoms with Crippen LogP contribution in [0.4, 0.5) is 0 Å². The van der Waals surface area contributed by atoms with Crippen LogP contribution in [-0.2, 0) is 29.5 Å². The lowest BCUT2D eigenvalue weighted by atomic mass is 9.85. The number of benzene rings is 1. The van der Waals surface area contributed by atoms with Gasteiger partial charge in [-0.05, 0) is 62.1 Å². The van der Waals surface area contributed by atoms with Crippen LogP contribution in [0.25, 0.3) is 33.6 Å². The van der Waals surface area contributed by atoms with E-state index >= 15 is 0 Å². The smallest absolute Gasteiger partial charge is 0.254 e. The van der Waals surface area contributed by atoms with E-state index in [0.29, 0.717) is 25.3 Å². The lowest BCUT2D eigenvalue weighted by Gasteiger charge is -2.30. The summed E-state index contributed by atoms with van der Waals surface area (Å²) < 4.78 is 9.60. The van der Waals surface area contributed by atoms with Crippen LogP contribution in [0.5, 0.6) is 0 Å². The van der Waals surface area contributed by atoms with E-state index in [0.717, 1.165) is 89.9 Å². The maximum absolute atomic E-state index is 13.5. The van der Waals surface area contributed by atoms with E-state index in [9.17, 15) is 9.59 Å². The molecule has 10 nitrogen and oxygen atoms in total. The van der Waals surface area contributed by atoms with Crippen LogP contribution >= 0.6 is 0 Å². The van der Waals surface area contributed by atoms with E-state index in [2.05, 4.69) is 32.7 Å². The zero-order chi connectivity index (χ0) is 31.2. The normalized spacial score (nSPS) is 20.1. The van der Waals surface area contributed by atoms with Crippen LogP contribution in [0.15, 0.2) is 30.3 Å². The minimum absolute atomic E-state index is 0.00416. The van der Waals surface area contributed by atoms with Crippen LogP contribution in [0.2, 0.25) is 0 Å². The van der Waals surface area contributed by atoms with Gasteiger partial charge in [-0.1, -0.05) is 33.1 Å². The molecule has 44 heavy (non-hydrogen) atoms. The number of pyridine rings is 1. The standard InChI is InChI=1S/C34H45N7O3/c1-21-26-11-10-23-17-29(41(30(23)37-26)14-9-7-6-8-13-34(2,3)33(43)36-21)31-38-27-18-25-22(16-28(27)39(31)4)12-15-40(32(25)42)19-24(35)20-44-5/h10-11,16-18,21,24H,6-9,12-15,19-20,35H2,1-5H3,(H,36,43)/t21-,24+/m1/s1. The average molecular weight is 600 g/mol. The summed E-state index contributed by atoms with van der Waals surface area (Å²) in [7, 11) is 3.67. The Kier molecular flexibility index (Phi) is 8.24. The maximum Gasteiger partial charge on any atom is 0.254 e. The van der Waals surface area contributed by atoms with Gasteiger partial charge in [-0.2, -0.15) is 0 Å². The van der Waals surface area contributed by atoms with Crippen molar-refractivity contribution >= 4 is 33.9 Å². The Balaban J connectivity index is 1.39. The van der Waals surface area contributed by atoms with E-state index in [1.54, 1.807) is 7.11 Å². The van der Waals surface area contributed by atoms with Crippen molar-refractivity contribution in [2.24, 2.45) is 18.2 Å². The molecule has 0 aliphatic carbocycles. The first-order chi connectivity index (χ1) is 21.1. The van der Waals surface area contributed by atoms with Crippen LogP contribution in [0, 0.1) is 5.41 Å². The number of aryl methyl sites for hydroxylation is 2. The maximum atomic E-state index is 13.5. The van der Waals surface area contributed by atoms with Crippen LogP contribution in [0.1, 0.15) is 80.5 Å². The Hall–Kier alpha value is -3.76. The Bertz CT molecular complexity index is 1720. The number of amides is 2. The SMILES string of the molecule is COC[C@@H](N)CN1CCc2cc3c(cc2C1=O)nc(-c1cc2ccc4nc2n1CCCCCCC(C)(C)C(=O)N[C@@H]4C)n3C. The van der Waals surface area contributed by atoms with E-state index in [4.69, 9.17) is 20.4 Å². The average Bonchev–Trinajstić information content (AvgIpc) is 3.51. The fourth-order valence-corrected chi connectivity index (χ4v) is 6.73. The molecule has 0 spiro atoms. The van der Waals surface area contributed by atoms with Gasteiger partial charge >= 0.3 is 0 Å². The molecule has 0 unspecified atom stereocenters. The first kappa shape index (κ1) is 30.3. The Labute approximate surface area is 259 Å². The van der Waals surface area contributed by atoms with Crippen molar-refractivity contribution < 1.29 is 14.3 Å². The number of ether oxygens (including phenoxy) is 1. The summed E-state index contributed by atoms with van der Waals surface area (Å²) in [5.74, 6) is 0.912. The highest BCUT2D eigenvalue weighted by molar-refractivity contribution is 6.00. The highest BCUT2D eigenvalue weighted by Crippen LogP contribution is 2.33. The second-order valence-electron chi connectivity index (χ2n) is 13.3. The minimum Gasteiger partial charge on any atom is -0.383 e. The summed E-state index contributed by atoms with van der Waals surface area (Å²) in [5.41, 5.74) is 12.1. The van der Waals surface area contributed by atoms with E-state index in [1.807, 2.05) is 44.9 Å². The largest absolute Gasteiger partial charge is 0.383 e. The molecule has 0 saturated carbocycles. The zero-order valence-corrected chi connectivity index (χ0v) is 26.7. The van der Waals surface area contributed by atoms with Crippen molar-refractivity contribution in [2.45, 2.75) is 77.9 Å². The van der Waals surface area contributed by atoms with E-state index in [1.165, 1.54) is 0 Å². The van der Waals surface area contributed by atoms with Gasteiger partial charge in [0.15, 0.2) is 5.82 Å². The lowest BCUT2D eigenvalue weighted by Crippen LogP contribution is -2.46. The number of hydrogen-bond acceptors (Lipinski definition) is 6. The molecule has 2 aliphatic rings. The molecule has 0 fully saturated rings. The lowest BCUT2D eigenvalue weighted by molar-refractivity contribution is -0.130. The van der Waals surface area contributed by atoms with Gasteiger partial charge in [0.2, 0.25) is 5.91 Å². The minimum atomic E-state index is -0.408. The Morgan fingerprint density at radius 3 is 2.68 bits per heavy atom. The summed E-state index contributed by atoms with van der Waals surface area (Å²) in [6.07, 6.45) is 5.83. The molecule has 3 N–H and O–H groups in total. The molecule has 2 amide bonds. The number of rotatable bonds is 5. The summed E-state index contributed by atoms with van der Waals surface area (Å²) in [6.45, 7) is 8.41. The second-order valence-corrected chi connectivity index (χ2v) is 13.3. The number of hydrogen-bond donors (Lipinski definition) is 2. The quantitative estimate of drug-likeness (QED) is 0.342. The van der Waals surface area contributed by atoms with Crippen molar-refractivity contribution in [3.63, 3.8) is 0 Å². The zero-order valence-electron chi connectivity index (χ0n) is 26.7. The molecule has 2 bridgehead atoms. The molecule has 2 aliphatic heterocycles. The topological polar surface area (TPSA) is 120 Å². The molecule has 10 heteroatoms. The van der Waals surface area contributed by atoms with Crippen LogP contribution < -0.4 is 11.1 Å². The summed E-state index contributed by atoms with van der Waals surface area (Å²) in [6, 6.07) is 9.92. The van der Waals surface area contributed by atoms with Crippen LogP contribution in [-0.4, -0.2) is 68.7 Å². The molecule has 3 aromatic heterocycles. The molecular weight excluding hydrogens is 554 g/mol. The monoisotopic (exact) mass is 599 g/mol. The molecule has 1 aromatic carbocycles. The predicted octanol–water partition coefficient (Wildman–Crippen LogP) is 4.73. The van der Waals surface area contributed by atoms with Crippen molar-refractivity contribution in [1.29, 1.82) is 0 Å². The second kappa shape index (κ2) is 12.0. The van der Waals surface area contributed by atoms with Gasteiger partial charge in [-0.25, -0.2) is 9.97 Å². The number of nitrogens with two attached hydrogens (primary N) is 1. The Morgan fingerprint density at radius 1 is 1.09 bits per heavy atom. The van der Waals surface area contributed by atoms with Gasteiger partial charge in [0.1, 0.15) is 5.65 Å². The third kappa shape index (κ3) is 5.61. The highest BCUT2D eigenvalue weighted by atomic mass is 16.5. The highest BCUT2D eigenvalue weighted by Gasteiger charge is 2.30. The van der Waals surface area contributed by atoms with Crippen molar-refractivity contribution in [3.8, 4) is 11.5 Å². The van der Waals surface area contributed by atoms with Gasteiger partial charge in [0.25, 0.3) is 5.91 Å². The van der Waals surface area contributed by atoms with Crippen molar-refractivity contribution in [1.82, 2.24) is 29.3 Å². The summed E-state index contributed by atoms with van der Waals surface area (Å²) in [4.78, 5) is 38.6. The van der Waals surface area contributed by atoms with Gasteiger partial charge in [-0.3, -0.25) is 9.59 Å². The molecule has 4 aromatic rings. The fourth-order valence-electron chi connectivity index (χ4n) is 6.73. The summed E-state index contributed by atoms with van der Waals surface area (Å²) >= 11 is 0. The fraction of sp³-hybridized carbons (Fsp3) is 0.529. The number of fused-ring (bicyclic) bond motifs is 3. The number of nitrogens with zero attached hydrogens (tertiary/aromatic N) is 5.